The molecule has 3 atom stereocenters. The fraction of sp³-hybridized carbons (Fsp3) is 0.286. The molecule has 1 saturated heterocycles. The van der Waals surface area contributed by atoms with Crippen LogP contribution in [0.3, 0.4) is 0 Å². The van der Waals surface area contributed by atoms with Crippen molar-refractivity contribution in [3.05, 3.63) is 78.2 Å². The highest BCUT2D eigenvalue weighted by molar-refractivity contribution is 5.90. The number of likely N-dealkylation sites (tertiary alicyclic amines) is 1. The fourth-order valence-electron chi connectivity index (χ4n) is 3.62. The van der Waals surface area contributed by atoms with E-state index in [-0.39, 0.29) is 11.9 Å². The van der Waals surface area contributed by atoms with Crippen LogP contribution in [0.4, 0.5) is 0 Å². The zero-order valence-corrected chi connectivity index (χ0v) is 14.7. The van der Waals surface area contributed by atoms with Crippen molar-refractivity contribution in [2.24, 2.45) is 5.92 Å². The largest absolute Gasteiger partial charge is 0.480 e. The van der Waals surface area contributed by atoms with Crippen LogP contribution < -0.4 is 5.32 Å². The van der Waals surface area contributed by atoms with Crippen LogP contribution in [-0.2, 0) is 22.6 Å². The van der Waals surface area contributed by atoms with Gasteiger partial charge in [-0.1, -0.05) is 60.7 Å². The highest BCUT2D eigenvalue weighted by Gasteiger charge is 2.45. The molecule has 1 amide bonds. The smallest absolute Gasteiger partial charge is 0.321 e. The van der Waals surface area contributed by atoms with Gasteiger partial charge in [-0.3, -0.25) is 9.59 Å². The third-order valence-corrected chi connectivity index (χ3v) is 4.91. The first-order valence-electron chi connectivity index (χ1n) is 8.73. The van der Waals surface area contributed by atoms with Crippen molar-refractivity contribution in [1.82, 2.24) is 10.2 Å². The van der Waals surface area contributed by atoms with Gasteiger partial charge in [0.15, 0.2) is 0 Å². The number of aliphatic carboxylic acids is 1. The standard InChI is InChI=1S/C21H23N2O3/c1-22-20(21(25)26)17-13-19(24)23(14-16-10-6-3-7-11-16)18(17)12-15-8-4-2-5-9-15/h2-11,13,17-18,20,22H,12,14H2,1H3,(H,25,26)/t17-,18+,20?/m1/s1. The second kappa shape index (κ2) is 8.15. The van der Waals surface area contributed by atoms with E-state index < -0.39 is 17.9 Å². The van der Waals surface area contributed by atoms with E-state index in [1.807, 2.05) is 60.7 Å². The van der Waals surface area contributed by atoms with Gasteiger partial charge in [0.05, 0.1) is 6.42 Å². The average Bonchev–Trinajstić information content (AvgIpc) is 2.93. The number of amides is 1. The van der Waals surface area contributed by atoms with Crippen molar-refractivity contribution < 1.29 is 14.7 Å². The molecule has 2 N–H and O–H groups in total. The minimum absolute atomic E-state index is 0.110. The highest BCUT2D eigenvalue weighted by atomic mass is 16.4. The summed E-state index contributed by atoms with van der Waals surface area (Å²) >= 11 is 0. The molecule has 3 rings (SSSR count). The number of carbonyl (C=O) groups is 2. The van der Waals surface area contributed by atoms with E-state index in [2.05, 4.69) is 5.32 Å². The molecule has 0 saturated carbocycles. The molecule has 0 aliphatic carbocycles. The number of hydrogen-bond acceptors (Lipinski definition) is 3. The van der Waals surface area contributed by atoms with Crippen LogP contribution in [-0.4, -0.2) is 41.0 Å². The van der Waals surface area contributed by atoms with Gasteiger partial charge in [-0.25, -0.2) is 0 Å². The third-order valence-electron chi connectivity index (χ3n) is 4.91. The van der Waals surface area contributed by atoms with Gasteiger partial charge in [0, 0.05) is 18.5 Å². The van der Waals surface area contributed by atoms with Crippen molar-refractivity contribution in [3.63, 3.8) is 0 Å². The number of carboxylic acid groups (broad SMARTS) is 1. The molecule has 1 aliphatic heterocycles. The summed E-state index contributed by atoms with van der Waals surface area (Å²) in [4.78, 5) is 26.1. The maximum atomic E-state index is 12.7. The molecule has 1 unspecified atom stereocenters. The molecule has 1 aliphatic rings. The Morgan fingerprint density at radius 3 is 2.19 bits per heavy atom. The third kappa shape index (κ3) is 3.94. The van der Waals surface area contributed by atoms with Crippen molar-refractivity contribution in [1.29, 1.82) is 0 Å². The second-order valence-electron chi connectivity index (χ2n) is 6.56. The van der Waals surface area contributed by atoms with E-state index in [9.17, 15) is 14.7 Å². The summed E-state index contributed by atoms with van der Waals surface area (Å²) < 4.78 is 0. The molecule has 1 heterocycles. The summed E-state index contributed by atoms with van der Waals surface area (Å²) in [5.74, 6) is -1.45. The Labute approximate surface area is 153 Å². The molecule has 0 spiro atoms. The van der Waals surface area contributed by atoms with Crippen molar-refractivity contribution in [3.8, 4) is 0 Å². The monoisotopic (exact) mass is 351 g/mol. The number of nitrogens with one attached hydrogen (secondary N) is 1. The zero-order valence-electron chi connectivity index (χ0n) is 14.7. The Kier molecular flexibility index (Phi) is 5.68. The number of rotatable bonds is 7. The molecule has 5 heteroatoms. The van der Waals surface area contributed by atoms with E-state index in [0.29, 0.717) is 13.0 Å². The Morgan fingerprint density at radius 1 is 1.08 bits per heavy atom. The predicted octanol–water partition coefficient (Wildman–Crippen LogP) is 2.13. The first kappa shape index (κ1) is 18.1. The van der Waals surface area contributed by atoms with E-state index in [4.69, 9.17) is 0 Å². The van der Waals surface area contributed by atoms with E-state index in [1.165, 1.54) is 0 Å². The van der Waals surface area contributed by atoms with Crippen LogP contribution in [0.2, 0.25) is 0 Å². The molecular weight excluding hydrogens is 328 g/mol. The van der Waals surface area contributed by atoms with Gasteiger partial charge >= 0.3 is 5.97 Å². The van der Waals surface area contributed by atoms with E-state index >= 15 is 0 Å². The lowest BCUT2D eigenvalue weighted by Gasteiger charge is -2.31. The maximum absolute atomic E-state index is 12.7. The molecule has 0 bridgehead atoms. The van der Waals surface area contributed by atoms with E-state index in [1.54, 1.807) is 18.4 Å². The molecule has 26 heavy (non-hydrogen) atoms. The predicted molar refractivity (Wildman–Crippen MR) is 99.2 cm³/mol. The number of nitrogens with zero attached hydrogens (tertiary/aromatic N) is 1. The molecule has 1 radical (unpaired) electrons. The normalized spacial score (nSPS) is 21.0. The second-order valence-corrected chi connectivity index (χ2v) is 6.56. The number of carbonyl (C=O) groups excluding carboxylic acids is 1. The van der Waals surface area contributed by atoms with Gasteiger partial charge in [0.1, 0.15) is 6.04 Å². The highest BCUT2D eigenvalue weighted by Crippen LogP contribution is 2.31. The number of benzene rings is 2. The Morgan fingerprint density at radius 2 is 1.65 bits per heavy atom. The molecule has 1 fully saturated rings. The van der Waals surface area contributed by atoms with Crippen LogP contribution in [0.5, 0.6) is 0 Å². The first-order valence-corrected chi connectivity index (χ1v) is 8.73. The van der Waals surface area contributed by atoms with Crippen molar-refractivity contribution in [2.45, 2.75) is 25.0 Å². The lowest BCUT2D eigenvalue weighted by molar-refractivity contribution is -0.141. The SMILES string of the molecule is CNC(C(=O)O)[C@@H]1[CH]C(=O)N(Cc2ccccc2)[C@H]1Cc1ccccc1. The van der Waals surface area contributed by atoms with Crippen LogP contribution >= 0.6 is 0 Å². The average molecular weight is 351 g/mol. The van der Waals surface area contributed by atoms with Crippen LogP contribution in [0.25, 0.3) is 0 Å². The molecule has 2 aromatic carbocycles. The fourth-order valence-corrected chi connectivity index (χ4v) is 3.62. The Balaban J connectivity index is 1.90. The summed E-state index contributed by atoms with van der Waals surface area (Å²) in [5.41, 5.74) is 2.12. The van der Waals surface area contributed by atoms with E-state index in [0.717, 1.165) is 11.1 Å². The number of likely N-dealkylation sites (N-methyl/N-ethyl adjacent to an activating group) is 1. The Hall–Kier alpha value is -2.66. The van der Waals surface area contributed by atoms with Crippen molar-refractivity contribution >= 4 is 11.9 Å². The van der Waals surface area contributed by atoms with Crippen LogP contribution in [0.15, 0.2) is 60.7 Å². The van der Waals surface area contributed by atoms with Gasteiger partial charge in [-0.2, -0.15) is 0 Å². The van der Waals surface area contributed by atoms with Crippen molar-refractivity contribution in [2.75, 3.05) is 7.05 Å². The number of hydrogen-bond donors (Lipinski definition) is 2. The quantitative estimate of drug-likeness (QED) is 0.802. The van der Waals surface area contributed by atoms with Gasteiger partial charge in [0.2, 0.25) is 5.91 Å². The molecule has 135 valence electrons. The van der Waals surface area contributed by atoms with Gasteiger partial charge in [-0.15, -0.1) is 0 Å². The Bertz CT molecular complexity index is 748. The minimum Gasteiger partial charge on any atom is -0.480 e. The van der Waals surface area contributed by atoms with Crippen LogP contribution in [0.1, 0.15) is 11.1 Å². The lowest BCUT2D eigenvalue weighted by atomic mass is 9.87. The summed E-state index contributed by atoms with van der Waals surface area (Å²) in [6.07, 6.45) is 2.18. The van der Waals surface area contributed by atoms with Gasteiger partial charge in [-0.05, 0) is 24.6 Å². The van der Waals surface area contributed by atoms with Gasteiger partial charge in [0.25, 0.3) is 0 Å². The molecular formula is C21H23N2O3. The topological polar surface area (TPSA) is 69.6 Å². The summed E-state index contributed by atoms with van der Waals surface area (Å²) in [6, 6.07) is 18.7. The van der Waals surface area contributed by atoms with Crippen LogP contribution in [0, 0.1) is 12.3 Å². The first-order chi connectivity index (χ1) is 12.6. The maximum Gasteiger partial charge on any atom is 0.321 e. The minimum atomic E-state index is -0.943. The molecule has 5 nitrogen and oxygen atoms in total. The summed E-state index contributed by atoms with van der Waals surface area (Å²) in [7, 11) is 1.62. The summed E-state index contributed by atoms with van der Waals surface area (Å²) in [5, 5.41) is 12.4. The molecule has 0 aromatic heterocycles. The summed E-state index contributed by atoms with van der Waals surface area (Å²) in [6.45, 7) is 0.472. The van der Waals surface area contributed by atoms with Gasteiger partial charge < -0.3 is 15.3 Å². The zero-order chi connectivity index (χ0) is 18.5. The number of carboxylic acids is 1. The lowest BCUT2D eigenvalue weighted by Crippen LogP contribution is -2.47. The molecule has 2 aromatic rings.